The lowest BCUT2D eigenvalue weighted by molar-refractivity contribution is 0.616. The second-order valence-electron chi connectivity index (χ2n) is 7.36. The van der Waals surface area contributed by atoms with E-state index in [1.165, 1.54) is 0 Å². The smallest absolute Gasteiger partial charge is 0.229 e. The highest BCUT2D eigenvalue weighted by atomic mass is 15.3. The van der Waals surface area contributed by atoms with E-state index in [-0.39, 0.29) is 17.1 Å². The van der Waals surface area contributed by atoms with Crippen LogP contribution in [0, 0.1) is 0 Å². The number of hydrogen-bond acceptors (Lipinski definition) is 6. The fourth-order valence-electron chi connectivity index (χ4n) is 1.48. The van der Waals surface area contributed by atoms with Gasteiger partial charge in [0.15, 0.2) is 0 Å². The Labute approximate surface area is 122 Å². The molecule has 0 saturated carbocycles. The molecular formula is C14H28N6. The standard InChI is InChI=1S/C14H28N6/c1-9(2)15-10-16-11(19-13(3,4)5)18-12(17-10)20-14(6,7)8/h9H,1-8H3,(H3,15,16,17,18,19,20). The van der Waals surface area contributed by atoms with E-state index in [0.717, 1.165) is 0 Å². The van der Waals surface area contributed by atoms with Crippen LogP contribution in [0.3, 0.4) is 0 Å². The van der Waals surface area contributed by atoms with Gasteiger partial charge in [-0.2, -0.15) is 15.0 Å². The van der Waals surface area contributed by atoms with Crippen LogP contribution < -0.4 is 16.0 Å². The molecule has 0 aliphatic carbocycles. The van der Waals surface area contributed by atoms with Gasteiger partial charge in [0.05, 0.1) is 0 Å². The Morgan fingerprint density at radius 1 is 0.700 bits per heavy atom. The lowest BCUT2D eigenvalue weighted by atomic mass is 10.1. The van der Waals surface area contributed by atoms with E-state index in [1.807, 2.05) is 0 Å². The average molecular weight is 280 g/mol. The summed E-state index contributed by atoms with van der Waals surface area (Å²) >= 11 is 0. The fourth-order valence-corrected chi connectivity index (χ4v) is 1.48. The second kappa shape index (κ2) is 5.81. The zero-order valence-corrected chi connectivity index (χ0v) is 13.9. The highest BCUT2D eigenvalue weighted by Gasteiger charge is 2.17. The van der Waals surface area contributed by atoms with Crippen molar-refractivity contribution in [3.63, 3.8) is 0 Å². The van der Waals surface area contributed by atoms with Crippen molar-refractivity contribution < 1.29 is 0 Å². The Kier molecular flexibility index (Phi) is 4.78. The van der Waals surface area contributed by atoms with E-state index >= 15 is 0 Å². The summed E-state index contributed by atoms with van der Waals surface area (Å²) in [5.74, 6) is 1.72. The van der Waals surface area contributed by atoms with E-state index in [2.05, 4.69) is 86.3 Å². The summed E-state index contributed by atoms with van der Waals surface area (Å²) in [6.45, 7) is 16.5. The predicted molar refractivity (Wildman–Crippen MR) is 85.3 cm³/mol. The molecule has 0 atom stereocenters. The van der Waals surface area contributed by atoms with Gasteiger partial charge in [0, 0.05) is 17.1 Å². The molecule has 0 aliphatic heterocycles. The minimum absolute atomic E-state index is 0.102. The zero-order chi connectivity index (χ0) is 15.6. The van der Waals surface area contributed by atoms with Crippen LogP contribution in [-0.4, -0.2) is 32.1 Å². The van der Waals surface area contributed by atoms with Gasteiger partial charge >= 0.3 is 0 Å². The number of nitrogens with zero attached hydrogens (tertiary/aromatic N) is 3. The van der Waals surface area contributed by atoms with Crippen molar-refractivity contribution in [3.05, 3.63) is 0 Å². The molecule has 6 heteroatoms. The fraction of sp³-hybridized carbons (Fsp3) is 0.786. The normalized spacial score (nSPS) is 12.4. The molecule has 1 rings (SSSR count). The largest absolute Gasteiger partial charge is 0.352 e. The lowest BCUT2D eigenvalue weighted by Crippen LogP contribution is -2.30. The molecule has 1 aromatic rings. The molecule has 0 aromatic carbocycles. The summed E-state index contributed by atoms with van der Waals surface area (Å²) in [6, 6.07) is 0.266. The molecule has 0 bridgehead atoms. The zero-order valence-electron chi connectivity index (χ0n) is 13.9. The van der Waals surface area contributed by atoms with Crippen molar-refractivity contribution in [2.24, 2.45) is 0 Å². The highest BCUT2D eigenvalue weighted by Crippen LogP contribution is 2.17. The van der Waals surface area contributed by atoms with Gasteiger partial charge in [0.25, 0.3) is 0 Å². The highest BCUT2D eigenvalue weighted by molar-refractivity contribution is 5.44. The van der Waals surface area contributed by atoms with E-state index in [1.54, 1.807) is 0 Å². The topological polar surface area (TPSA) is 74.8 Å². The maximum Gasteiger partial charge on any atom is 0.229 e. The molecule has 0 radical (unpaired) electrons. The number of nitrogens with one attached hydrogen (secondary N) is 3. The molecule has 3 N–H and O–H groups in total. The first-order chi connectivity index (χ1) is 8.94. The summed E-state index contributed by atoms with van der Waals surface area (Å²) in [7, 11) is 0. The van der Waals surface area contributed by atoms with Crippen molar-refractivity contribution in [2.75, 3.05) is 16.0 Å². The summed E-state index contributed by atoms with van der Waals surface area (Å²) in [5, 5.41) is 9.77. The van der Waals surface area contributed by atoms with Crippen LogP contribution in [0.15, 0.2) is 0 Å². The molecule has 0 spiro atoms. The van der Waals surface area contributed by atoms with E-state index in [4.69, 9.17) is 0 Å². The first-order valence-corrected chi connectivity index (χ1v) is 7.04. The number of rotatable bonds is 4. The Bertz CT molecular complexity index is 408. The van der Waals surface area contributed by atoms with Crippen LogP contribution in [0.2, 0.25) is 0 Å². The molecule has 0 unspecified atom stereocenters. The minimum Gasteiger partial charge on any atom is -0.352 e. The molecule has 0 aliphatic rings. The summed E-state index contributed by atoms with van der Waals surface area (Å²) < 4.78 is 0. The average Bonchev–Trinajstić information content (AvgIpc) is 2.08. The minimum atomic E-state index is -0.102. The van der Waals surface area contributed by atoms with Gasteiger partial charge < -0.3 is 16.0 Å². The van der Waals surface area contributed by atoms with Crippen molar-refractivity contribution in [1.82, 2.24) is 15.0 Å². The maximum atomic E-state index is 4.43. The number of hydrogen-bond donors (Lipinski definition) is 3. The molecular weight excluding hydrogens is 252 g/mol. The van der Waals surface area contributed by atoms with Gasteiger partial charge in [-0.25, -0.2) is 0 Å². The van der Waals surface area contributed by atoms with Crippen LogP contribution in [0.5, 0.6) is 0 Å². The molecule has 1 heterocycles. The number of aromatic nitrogens is 3. The summed E-state index contributed by atoms with van der Waals surface area (Å²) in [6.07, 6.45) is 0. The van der Waals surface area contributed by atoms with Crippen molar-refractivity contribution >= 4 is 17.8 Å². The lowest BCUT2D eigenvalue weighted by Gasteiger charge is -2.24. The third-order valence-corrected chi connectivity index (χ3v) is 2.03. The Morgan fingerprint density at radius 2 is 1.05 bits per heavy atom. The molecule has 1 aromatic heterocycles. The van der Waals surface area contributed by atoms with Crippen LogP contribution in [-0.2, 0) is 0 Å². The first-order valence-electron chi connectivity index (χ1n) is 7.04. The summed E-state index contributed by atoms with van der Waals surface area (Å²) in [5.41, 5.74) is -0.203. The SMILES string of the molecule is CC(C)Nc1nc(NC(C)(C)C)nc(NC(C)(C)C)n1. The third kappa shape index (κ3) is 6.54. The molecule has 6 nitrogen and oxygen atoms in total. The van der Waals surface area contributed by atoms with Crippen molar-refractivity contribution in [3.8, 4) is 0 Å². The second-order valence-corrected chi connectivity index (χ2v) is 7.36. The van der Waals surface area contributed by atoms with Crippen LogP contribution in [0.25, 0.3) is 0 Å². The van der Waals surface area contributed by atoms with Gasteiger partial charge in [-0.1, -0.05) is 0 Å². The quantitative estimate of drug-likeness (QED) is 0.787. The van der Waals surface area contributed by atoms with Gasteiger partial charge in [-0.3, -0.25) is 0 Å². The Balaban J connectivity index is 3.07. The van der Waals surface area contributed by atoms with Crippen LogP contribution in [0.1, 0.15) is 55.4 Å². The first kappa shape index (κ1) is 16.5. The van der Waals surface area contributed by atoms with E-state index < -0.39 is 0 Å². The van der Waals surface area contributed by atoms with Crippen molar-refractivity contribution in [1.29, 1.82) is 0 Å². The predicted octanol–water partition coefficient (Wildman–Crippen LogP) is 3.11. The van der Waals surface area contributed by atoms with Gasteiger partial charge in [-0.15, -0.1) is 0 Å². The van der Waals surface area contributed by atoms with Gasteiger partial charge in [0.2, 0.25) is 17.8 Å². The molecule has 0 amide bonds. The number of anilines is 3. The van der Waals surface area contributed by atoms with Crippen LogP contribution >= 0.6 is 0 Å². The van der Waals surface area contributed by atoms with Gasteiger partial charge in [-0.05, 0) is 55.4 Å². The molecule has 20 heavy (non-hydrogen) atoms. The summed E-state index contributed by atoms with van der Waals surface area (Å²) in [4.78, 5) is 13.2. The molecule has 114 valence electrons. The molecule has 0 saturated heterocycles. The van der Waals surface area contributed by atoms with E-state index in [9.17, 15) is 0 Å². The Hall–Kier alpha value is -1.59. The Morgan fingerprint density at radius 3 is 1.35 bits per heavy atom. The third-order valence-electron chi connectivity index (χ3n) is 2.03. The van der Waals surface area contributed by atoms with Crippen LogP contribution in [0.4, 0.5) is 17.8 Å². The van der Waals surface area contributed by atoms with Gasteiger partial charge in [0.1, 0.15) is 0 Å². The van der Waals surface area contributed by atoms with Crippen molar-refractivity contribution in [2.45, 2.75) is 72.5 Å². The monoisotopic (exact) mass is 280 g/mol. The maximum absolute atomic E-state index is 4.43. The van der Waals surface area contributed by atoms with E-state index in [0.29, 0.717) is 17.8 Å². The molecule has 0 fully saturated rings.